The molecule has 1 fully saturated rings. The third-order valence-electron chi connectivity index (χ3n) is 7.14. The lowest BCUT2D eigenvalue weighted by atomic mass is 9.93. The first-order valence-electron chi connectivity index (χ1n) is 13.1. The van der Waals surface area contributed by atoms with Gasteiger partial charge in [0.1, 0.15) is 23.9 Å². The van der Waals surface area contributed by atoms with Gasteiger partial charge in [-0.2, -0.15) is 0 Å². The minimum Gasteiger partial charge on any atom is -0.465 e. The van der Waals surface area contributed by atoms with Crippen molar-refractivity contribution in [2.24, 2.45) is 0 Å². The lowest BCUT2D eigenvalue weighted by Crippen LogP contribution is -2.28. The molecule has 4 aromatic rings. The topological polar surface area (TPSA) is 93.5 Å². The molecule has 206 valence electrons. The summed E-state index contributed by atoms with van der Waals surface area (Å²) in [6, 6.07) is 18.9. The molecule has 0 bridgehead atoms. The molecule has 0 saturated heterocycles. The van der Waals surface area contributed by atoms with E-state index >= 15 is 0 Å². The number of aryl methyl sites for hydroxylation is 1. The van der Waals surface area contributed by atoms with Gasteiger partial charge in [0.2, 0.25) is 0 Å². The second-order valence-corrected chi connectivity index (χ2v) is 9.80. The number of nitrogens with zero attached hydrogens (tertiary/aromatic N) is 1. The third-order valence-corrected chi connectivity index (χ3v) is 7.14. The van der Waals surface area contributed by atoms with Crippen molar-refractivity contribution >= 4 is 17.7 Å². The Morgan fingerprint density at radius 2 is 1.65 bits per heavy atom. The number of halogens is 2. The van der Waals surface area contributed by atoms with E-state index < -0.39 is 23.9 Å². The van der Waals surface area contributed by atoms with Crippen molar-refractivity contribution in [2.45, 2.75) is 45.3 Å². The van der Waals surface area contributed by atoms with E-state index in [-0.39, 0.29) is 18.1 Å². The van der Waals surface area contributed by atoms with Crippen LogP contribution in [-0.2, 0) is 28.2 Å². The summed E-state index contributed by atoms with van der Waals surface area (Å²) in [5.41, 5.74) is 4.51. The number of nitrogens with one attached hydrogen (secondary N) is 2. The van der Waals surface area contributed by atoms with E-state index in [4.69, 9.17) is 9.26 Å². The number of anilines is 1. The van der Waals surface area contributed by atoms with Crippen molar-refractivity contribution in [1.82, 2.24) is 10.5 Å². The molecule has 3 aromatic carbocycles. The van der Waals surface area contributed by atoms with Gasteiger partial charge in [0, 0.05) is 17.7 Å². The summed E-state index contributed by atoms with van der Waals surface area (Å²) in [5, 5.41) is 9.30. The Balaban J connectivity index is 1.27. The van der Waals surface area contributed by atoms with E-state index in [1.54, 1.807) is 6.92 Å². The zero-order valence-electron chi connectivity index (χ0n) is 22.2. The molecule has 9 heteroatoms. The number of benzene rings is 3. The molecule has 1 aromatic heterocycles. The smallest absolute Gasteiger partial charge is 0.319 e. The third kappa shape index (κ3) is 5.45. The number of amides is 2. The molecule has 5 rings (SSSR count). The van der Waals surface area contributed by atoms with Gasteiger partial charge in [-0.25, -0.2) is 13.6 Å². The maximum Gasteiger partial charge on any atom is 0.319 e. The zero-order chi connectivity index (χ0) is 28.3. The van der Waals surface area contributed by atoms with E-state index in [1.807, 2.05) is 55.5 Å². The SMILES string of the molecule is CCOC(=O)C1(c2ccc(-c3ccc(-c4onc(C)c4NC(=O)NCc4cc(CF)ccc4F)cc3)cc2)CC1. The predicted molar refractivity (Wildman–Crippen MR) is 147 cm³/mol. The van der Waals surface area contributed by atoms with Gasteiger partial charge < -0.3 is 19.9 Å². The number of aromatic nitrogens is 1. The molecular formula is C31H29F2N3O4. The molecule has 40 heavy (non-hydrogen) atoms. The van der Waals surface area contributed by atoms with Crippen LogP contribution in [0, 0.1) is 12.7 Å². The Bertz CT molecular complexity index is 1530. The van der Waals surface area contributed by atoms with Crippen LogP contribution in [0.4, 0.5) is 19.3 Å². The Hall–Kier alpha value is -4.53. The van der Waals surface area contributed by atoms with Crippen LogP contribution in [0.5, 0.6) is 0 Å². The number of esters is 1. The highest BCUT2D eigenvalue weighted by molar-refractivity contribution is 5.94. The first kappa shape index (κ1) is 27.1. The molecule has 0 aliphatic heterocycles. The number of urea groups is 1. The second-order valence-electron chi connectivity index (χ2n) is 9.80. The lowest BCUT2D eigenvalue weighted by molar-refractivity contribution is -0.146. The average molecular weight is 546 g/mol. The van der Waals surface area contributed by atoms with Gasteiger partial charge in [0.15, 0.2) is 5.76 Å². The predicted octanol–water partition coefficient (Wildman–Crippen LogP) is 6.84. The Kier molecular flexibility index (Phi) is 7.64. The Morgan fingerprint density at radius 3 is 2.27 bits per heavy atom. The quantitative estimate of drug-likeness (QED) is 0.225. The summed E-state index contributed by atoms with van der Waals surface area (Å²) in [5.74, 6) is -0.309. The molecule has 0 spiro atoms. The van der Waals surface area contributed by atoms with Gasteiger partial charge in [-0.15, -0.1) is 0 Å². The number of rotatable bonds is 9. The molecule has 1 heterocycles. The molecule has 2 N–H and O–H groups in total. The first-order valence-corrected chi connectivity index (χ1v) is 13.1. The van der Waals surface area contributed by atoms with Crippen LogP contribution in [0.2, 0.25) is 0 Å². The number of hydrogen-bond acceptors (Lipinski definition) is 5. The van der Waals surface area contributed by atoms with Crippen LogP contribution < -0.4 is 10.6 Å². The fourth-order valence-corrected chi connectivity index (χ4v) is 4.69. The summed E-state index contributed by atoms with van der Waals surface area (Å²) in [6.45, 7) is 3.05. The summed E-state index contributed by atoms with van der Waals surface area (Å²) in [4.78, 5) is 25.0. The van der Waals surface area contributed by atoms with Crippen molar-refractivity contribution in [2.75, 3.05) is 11.9 Å². The molecule has 1 saturated carbocycles. The van der Waals surface area contributed by atoms with Crippen molar-refractivity contribution in [3.63, 3.8) is 0 Å². The van der Waals surface area contributed by atoms with E-state index in [2.05, 4.69) is 15.8 Å². The minimum absolute atomic E-state index is 0.112. The highest BCUT2D eigenvalue weighted by Gasteiger charge is 2.52. The zero-order valence-corrected chi connectivity index (χ0v) is 22.2. The van der Waals surface area contributed by atoms with E-state index in [0.29, 0.717) is 34.9 Å². The molecule has 1 aliphatic rings. The molecule has 1 aliphatic carbocycles. The maximum absolute atomic E-state index is 14.0. The largest absolute Gasteiger partial charge is 0.465 e. The Labute approximate surface area is 230 Å². The molecule has 0 atom stereocenters. The number of hydrogen-bond donors (Lipinski definition) is 2. The summed E-state index contributed by atoms with van der Waals surface area (Å²) >= 11 is 0. The maximum atomic E-state index is 14.0. The number of carbonyl (C=O) groups excluding carboxylic acids is 2. The summed E-state index contributed by atoms with van der Waals surface area (Å²) in [7, 11) is 0. The molecule has 0 unspecified atom stereocenters. The second kappa shape index (κ2) is 11.3. The normalized spacial score (nSPS) is 13.5. The highest BCUT2D eigenvalue weighted by Crippen LogP contribution is 2.49. The summed E-state index contributed by atoms with van der Waals surface area (Å²) in [6.07, 6.45) is 1.60. The van der Waals surface area contributed by atoms with Crippen LogP contribution >= 0.6 is 0 Å². The fraction of sp³-hybridized carbons (Fsp3) is 0.258. The molecule has 7 nitrogen and oxygen atoms in total. The van der Waals surface area contributed by atoms with Crippen molar-refractivity contribution < 1.29 is 27.6 Å². The highest BCUT2D eigenvalue weighted by atomic mass is 19.1. The summed E-state index contributed by atoms with van der Waals surface area (Å²) < 4.78 is 37.7. The molecule has 0 radical (unpaired) electrons. The van der Waals surface area contributed by atoms with Gasteiger partial charge in [-0.05, 0) is 61.1 Å². The van der Waals surface area contributed by atoms with Gasteiger partial charge in [0.25, 0.3) is 0 Å². The monoisotopic (exact) mass is 545 g/mol. The van der Waals surface area contributed by atoms with Crippen LogP contribution in [0.15, 0.2) is 71.3 Å². The lowest BCUT2D eigenvalue weighted by Gasteiger charge is -2.14. The number of ether oxygens (including phenoxy) is 1. The van der Waals surface area contributed by atoms with Crippen molar-refractivity contribution in [3.8, 4) is 22.5 Å². The fourth-order valence-electron chi connectivity index (χ4n) is 4.69. The van der Waals surface area contributed by atoms with Crippen molar-refractivity contribution in [3.05, 3.63) is 94.9 Å². The van der Waals surface area contributed by atoms with Crippen LogP contribution in [-0.4, -0.2) is 23.8 Å². The van der Waals surface area contributed by atoms with Gasteiger partial charge in [0.05, 0.1) is 12.0 Å². The van der Waals surface area contributed by atoms with Crippen LogP contribution in [0.25, 0.3) is 22.5 Å². The van der Waals surface area contributed by atoms with Crippen molar-refractivity contribution in [1.29, 1.82) is 0 Å². The molecule has 2 amide bonds. The minimum atomic E-state index is -0.719. The number of carbonyl (C=O) groups is 2. The van der Waals surface area contributed by atoms with Crippen LogP contribution in [0.1, 0.15) is 42.1 Å². The molecular weight excluding hydrogens is 516 g/mol. The number of alkyl halides is 1. The van der Waals surface area contributed by atoms with Gasteiger partial charge in [-0.3, -0.25) is 4.79 Å². The Morgan fingerprint density at radius 1 is 1.00 bits per heavy atom. The average Bonchev–Trinajstić information content (AvgIpc) is 3.72. The van der Waals surface area contributed by atoms with E-state index in [0.717, 1.165) is 29.5 Å². The van der Waals surface area contributed by atoms with Gasteiger partial charge >= 0.3 is 12.0 Å². The van der Waals surface area contributed by atoms with E-state index in [9.17, 15) is 18.4 Å². The van der Waals surface area contributed by atoms with Crippen LogP contribution in [0.3, 0.4) is 0 Å². The van der Waals surface area contributed by atoms with Gasteiger partial charge in [-0.1, -0.05) is 59.8 Å². The standard InChI is InChI=1S/C31H29F2N3O4/c1-3-39-29(37)31(14-15-31)25-11-9-22(10-12-25)21-5-7-23(8-6-21)28-27(19(2)36-40-28)35-30(38)34-18-24-16-20(17-32)4-13-26(24)33/h4-13,16H,3,14-15,17-18H2,1-2H3,(H2,34,35,38). The van der Waals surface area contributed by atoms with E-state index in [1.165, 1.54) is 18.2 Å². The first-order chi connectivity index (χ1) is 19.3.